The summed E-state index contributed by atoms with van der Waals surface area (Å²) in [7, 11) is 2.16. The monoisotopic (exact) mass is 385 g/mol. The van der Waals surface area contributed by atoms with Gasteiger partial charge in [-0.3, -0.25) is 9.69 Å². The average molecular weight is 386 g/mol. The summed E-state index contributed by atoms with van der Waals surface area (Å²) in [5.74, 6) is 0.0880. The molecule has 27 heavy (non-hydrogen) atoms. The van der Waals surface area contributed by atoms with E-state index in [0.717, 1.165) is 31.7 Å². The third-order valence-electron chi connectivity index (χ3n) is 5.19. The molecule has 4 nitrogen and oxygen atoms in total. The van der Waals surface area contributed by atoms with Crippen LogP contribution in [0.15, 0.2) is 54.6 Å². The average Bonchev–Trinajstić information content (AvgIpc) is 2.69. The Hall–Kier alpha value is -1.88. The predicted octanol–water partition coefficient (Wildman–Crippen LogP) is 3.38. The van der Waals surface area contributed by atoms with E-state index in [4.69, 9.17) is 11.6 Å². The lowest BCUT2D eigenvalue weighted by Gasteiger charge is -2.38. The topological polar surface area (TPSA) is 35.6 Å². The number of nitrogens with zero attached hydrogens (tertiary/aromatic N) is 2. The van der Waals surface area contributed by atoms with Gasteiger partial charge in [0.2, 0.25) is 5.91 Å². The molecule has 1 aliphatic rings. The highest BCUT2D eigenvalue weighted by Crippen LogP contribution is 2.21. The summed E-state index contributed by atoms with van der Waals surface area (Å²) in [4.78, 5) is 17.2. The molecule has 2 aromatic rings. The highest BCUT2D eigenvalue weighted by molar-refractivity contribution is 6.30. The first kappa shape index (κ1) is 19.9. The highest BCUT2D eigenvalue weighted by Gasteiger charge is 2.24. The quantitative estimate of drug-likeness (QED) is 0.793. The lowest BCUT2D eigenvalue weighted by atomic mass is 10.0. The van der Waals surface area contributed by atoms with Gasteiger partial charge in [-0.05, 0) is 36.7 Å². The maximum atomic E-state index is 12.4. The molecule has 0 saturated carbocycles. The molecule has 0 spiro atoms. The zero-order chi connectivity index (χ0) is 19.1. The van der Waals surface area contributed by atoms with Gasteiger partial charge in [0.05, 0.1) is 6.04 Å². The van der Waals surface area contributed by atoms with Crippen molar-refractivity contribution in [1.29, 1.82) is 0 Å². The van der Waals surface area contributed by atoms with Crippen LogP contribution >= 0.6 is 11.6 Å². The zero-order valence-electron chi connectivity index (χ0n) is 15.9. The van der Waals surface area contributed by atoms with Crippen LogP contribution in [-0.4, -0.2) is 55.5 Å². The lowest BCUT2D eigenvalue weighted by Crippen LogP contribution is -2.48. The number of halogens is 1. The molecule has 0 aliphatic carbocycles. The Morgan fingerprint density at radius 2 is 1.81 bits per heavy atom. The summed E-state index contributed by atoms with van der Waals surface area (Å²) in [5.41, 5.74) is 2.36. The van der Waals surface area contributed by atoms with Crippen LogP contribution in [-0.2, 0) is 11.2 Å². The SMILES string of the molecule is CN1CCN(C(CNC(=O)CCc2cccc(Cl)c2)c2ccccc2)CC1. The van der Waals surface area contributed by atoms with Gasteiger partial charge in [0.15, 0.2) is 0 Å². The van der Waals surface area contributed by atoms with E-state index in [1.165, 1.54) is 5.56 Å². The normalized spacial score (nSPS) is 16.8. The standard InChI is InChI=1S/C22H28ClN3O/c1-25-12-14-26(15-13-25)21(19-7-3-2-4-8-19)17-24-22(27)11-10-18-6-5-9-20(23)16-18/h2-9,16,21H,10-15,17H2,1H3,(H,24,27). The van der Waals surface area contributed by atoms with Crippen molar-refractivity contribution in [3.63, 3.8) is 0 Å². The van der Waals surface area contributed by atoms with E-state index >= 15 is 0 Å². The Morgan fingerprint density at radius 1 is 1.07 bits per heavy atom. The molecule has 3 rings (SSSR count). The number of benzene rings is 2. The highest BCUT2D eigenvalue weighted by atomic mass is 35.5. The Labute approximate surface area is 167 Å². The Bertz CT molecular complexity index is 729. The van der Waals surface area contributed by atoms with E-state index in [2.05, 4.69) is 46.4 Å². The summed E-state index contributed by atoms with van der Waals surface area (Å²) in [5, 5.41) is 3.86. The molecule has 1 aliphatic heterocycles. The number of amides is 1. The largest absolute Gasteiger partial charge is 0.354 e. The van der Waals surface area contributed by atoms with Crippen LogP contribution in [0, 0.1) is 0 Å². The van der Waals surface area contributed by atoms with E-state index in [1.54, 1.807) is 0 Å². The molecule has 1 heterocycles. The zero-order valence-corrected chi connectivity index (χ0v) is 16.7. The number of piperazine rings is 1. The number of carbonyl (C=O) groups is 1. The van der Waals surface area contributed by atoms with Gasteiger partial charge in [-0.2, -0.15) is 0 Å². The van der Waals surface area contributed by atoms with E-state index in [-0.39, 0.29) is 11.9 Å². The second-order valence-electron chi connectivity index (χ2n) is 7.20. The van der Waals surface area contributed by atoms with Crippen LogP contribution in [0.3, 0.4) is 0 Å². The molecule has 0 radical (unpaired) electrons. The Morgan fingerprint density at radius 3 is 2.52 bits per heavy atom. The summed E-state index contributed by atoms with van der Waals surface area (Å²) < 4.78 is 0. The molecule has 2 aromatic carbocycles. The first-order chi connectivity index (χ1) is 13.1. The van der Waals surface area contributed by atoms with Crippen molar-refractivity contribution in [2.45, 2.75) is 18.9 Å². The van der Waals surface area contributed by atoms with Crippen molar-refractivity contribution in [2.75, 3.05) is 39.8 Å². The molecule has 1 fully saturated rings. The van der Waals surface area contributed by atoms with E-state index < -0.39 is 0 Å². The van der Waals surface area contributed by atoms with Gasteiger partial charge in [0.25, 0.3) is 0 Å². The number of rotatable bonds is 7. The first-order valence-electron chi connectivity index (χ1n) is 9.60. The smallest absolute Gasteiger partial charge is 0.220 e. The van der Waals surface area contributed by atoms with Crippen molar-refractivity contribution in [3.05, 3.63) is 70.7 Å². The molecule has 0 aromatic heterocycles. The van der Waals surface area contributed by atoms with Gasteiger partial charge in [-0.15, -0.1) is 0 Å². The van der Waals surface area contributed by atoms with E-state index in [0.29, 0.717) is 24.4 Å². The molecule has 1 unspecified atom stereocenters. The molecular weight excluding hydrogens is 358 g/mol. The molecule has 1 amide bonds. The molecule has 0 bridgehead atoms. The second kappa shape index (κ2) is 9.88. The summed E-state index contributed by atoms with van der Waals surface area (Å²) in [6.07, 6.45) is 1.18. The minimum atomic E-state index is 0.0880. The molecule has 1 atom stereocenters. The van der Waals surface area contributed by atoms with Gasteiger partial charge in [-0.25, -0.2) is 0 Å². The molecule has 1 saturated heterocycles. The van der Waals surface area contributed by atoms with Crippen LogP contribution in [0.2, 0.25) is 5.02 Å². The van der Waals surface area contributed by atoms with E-state index in [1.807, 2.05) is 30.3 Å². The van der Waals surface area contributed by atoms with E-state index in [9.17, 15) is 4.79 Å². The summed E-state index contributed by atoms with van der Waals surface area (Å²) in [6.45, 7) is 4.81. The number of likely N-dealkylation sites (N-methyl/N-ethyl adjacent to an activating group) is 1. The van der Waals surface area contributed by atoms with Crippen LogP contribution in [0.1, 0.15) is 23.6 Å². The predicted molar refractivity (Wildman–Crippen MR) is 111 cm³/mol. The van der Waals surface area contributed by atoms with Gasteiger partial charge in [0, 0.05) is 44.2 Å². The van der Waals surface area contributed by atoms with Gasteiger partial charge >= 0.3 is 0 Å². The van der Waals surface area contributed by atoms with Crippen molar-refractivity contribution >= 4 is 17.5 Å². The second-order valence-corrected chi connectivity index (χ2v) is 7.64. The Kier molecular flexibility index (Phi) is 7.27. The maximum Gasteiger partial charge on any atom is 0.220 e. The fourth-order valence-electron chi connectivity index (χ4n) is 3.52. The number of hydrogen-bond donors (Lipinski definition) is 1. The van der Waals surface area contributed by atoms with Gasteiger partial charge in [0.1, 0.15) is 0 Å². The third-order valence-corrected chi connectivity index (χ3v) is 5.42. The maximum absolute atomic E-state index is 12.4. The van der Waals surface area contributed by atoms with Gasteiger partial charge in [-0.1, -0.05) is 54.1 Å². The van der Waals surface area contributed by atoms with Crippen molar-refractivity contribution in [3.8, 4) is 0 Å². The van der Waals surface area contributed by atoms with Crippen molar-refractivity contribution in [2.24, 2.45) is 0 Å². The minimum Gasteiger partial charge on any atom is -0.354 e. The molecular formula is C22H28ClN3O. The van der Waals surface area contributed by atoms with Crippen LogP contribution in [0.25, 0.3) is 0 Å². The number of carbonyl (C=O) groups excluding carboxylic acids is 1. The number of aryl methyl sites for hydroxylation is 1. The number of hydrogen-bond acceptors (Lipinski definition) is 3. The van der Waals surface area contributed by atoms with Crippen LogP contribution in [0.4, 0.5) is 0 Å². The molecule has 5 heteroatoms. The fourth-order valence-corrected chi connectivity index (χ4v) is 3.73. The lowest BCUT2D eigenvalue weighted by molar-refractivity contribution is -0.121. The van der Waals surface area contributed by atoms with Crippen LogP contribution < -0.4 is 5.32 Å². The summed E-state index contributed by atoms with van der Waals surface area (Å²) in [6, 6.07) is 18.4. The summed E-state index contributed by atoms with van der Waals surface area (Å²) >= 11 is 6.02. The van der Waals surface area contributed by atoms with Crippen molar-refractivity contribution < 1.29 is 4.79 Å². The third kappa shape index (κ3) is 6.06. The van der Waals surface area contributed by atoms with Gasteiger partial charge < -0.3 is 10.2 Å². The fraction of sp³-hybridized carbons (Fsp3) is 0.409. The minimum absolute atomic E-state index is 0.0880. The Balaban J connectivity index is 1.56. The first-order valence-corrected chi connectivity index (χ1v) is 9.98. The van der Waals surface area contributed by atoms with Crippen molar-refractivity contribution in [1.82, 2.24) is 15.1 Å². The van der Waals surface area contributed by atoms with Crippen LogP contribution in [0.5, 0.6) is 0 Å². The molecule has 1 N–H and O–H groups in total. The number of nitrogens with one attached hydrogen (secondary N) is 1. The molecule has 144 valence electrons.